The lowest BCUT2D eigenvalue weighted by Gasteiger charge is -2.05. The van der Waals surface area contributed by atoms with Crippen molar-refractivity contribution < 1.29 is 9.18 Å². The number of aromatic nitrogens is 5. The first kappa shape index (κ1) is 15.9. The lowest BCUT2D eigenvalue weighted by molar-refractivity contribution is 0.101. The molecule has 0 atom stereocenters. The molecule has 2 N–H and O–H groups in total. The number of benzene rings is 1. The summed E-state index contributed by atoms with van der Waals surface area (Å²) in [4.78, 5) is 16.6. The number of nitrogens with zero attached hydrogens (tertiary/aromatic N) is 4. The molecule has 24 heavy (non-hydrogen) atoms. The average molecular weight is 328 g/mol. The third-order valence-corrected chi connectivity index (χ3v) is 3.38. The van der Waals surface area contributed by atoms with Gasteiger partial charge in [-0.3, -0.25) is 9.89 Å². The van der Waals surface area contributed by atoms with Crippen molar-refractivity contribution in [2.24, 2.45) is 0 Å². The molecule has 0 fully saturated rings. The van der Waals surface area contributed by atoms with E-state index in [0.717, 1.165) is 12.1 Å². The molecule has 0 radical (unpaired) electrons. The number of hydrogen-bond donors (Lipinski definition) is 2. The number of amides is 1. The highest BCUT2D eigenvalue weighted by atomic mass is 19.1. The van der Waals surface area contributed by atoms with Gasteiger partial charge in [-0.1, -0.05) is 19.1 Å². The highest BCUT2D eigenvalue weighted by Gasteiger charge is 2.19. The number of aryl methyl sites for hydroxylation is 2. The molecule has 2 aromatic heterocycles. The van der Waals surface area contributed by atoms with Gasteiger partial charge in [0, 0.05) is 18.2 Å². The van der Waals surface area contributed by atoms with E-state index < -0.39 is 11.7 Å². The summed E-state index contributed by atoms with van der Waals surface area (Å²) in [6, 6.07) is 7.95. The first-order valence-corrected chi connectivity index (χ1v) is 7.62. The van der Waals surface area contributed by atoms with Crippen molar-refractivity contribution in [1.29, 1.82) is 0 Å². The lowest BCUT2D eigenvalue weighted by atomic mass is 10.3. The molecule has 0 aliphatic carbocycles. The van der Waals surface area contributed by atoms with Crippen LogP contribution < -0.4 is 5.32 Å². The maximum absolute atomic E-state index is 14.1. The smallest absolute Gasteiger partial charge is 0.296 e. The summed E-state index contributed by atoms with van der Waals surface area (Å²) in [5.41, 5.74) is 1.09. The van der Waals surface area contributed by atoms with Crippen LogP contribution in [0.15, 0.2) is 30.3 Å². The minimum atomic E-state index is -0.492. The average Bonchev–Trinajstić information content (AvgIpc) is 3.15. The normalized spacial score (nSPS) is 10.8. The predicted octanol–water partition coefficient (Wildman–Crippen LogP) is 2.64. The second kappa shape index (κ2) is 6.61. The first-order valence-electron chi connectivity index (χ1n) is 7.62. The molecule has 7 nitrogen and oxygen atoms in total. The van der Waals surface area contributed by atoms with Gasteiger partial charge in [0.25, 0.3) is 5.91 Å². The molecule has 1 amide bonds. The summed E-state index contributed by atoms with van der Waals surface area (Å²) in [5, 5.41) is 13.5. The monoisotopic (exact) mass is 328 g/mol. The van der Waals surface area contributed by atoms with E-state index in [1.54, 1.807) is 24.3 Å². The lowest BCUT2D eigenvalue weighted by Crippen LogP contribution is -2.14. The van der Waals surface area contributed by atoms with Crippen LogP contribution in [0.2, 0.25) is 0 Å². The summed E-state index contributed by atoms with van der Waals surface area (Å²) in [6.07, 6.45) is 1.38. The van der Waals surface area contributed by atoms with Crippen molar-refractivity contribution >= 4 is 11.7 Å². The van der Waals surface area contributed by atoms with E-state index in [0.29, 0.717) is 18.1 Å². The second-order valence-corrected chi connectivity index (χ2v) is 5.36. The van der Waals surface area contributed by atoms with E-state index in [2.05, 4.69) is 25.6 Å². The van der Waals surface area contributed by atoms with E-state index in [9.17, 15) is 9.18 Å². The number of anilines is 1. The summed E-state index contributed by atoms with van der Waals surface area (Å²) < 4.78 is 15.4. The van der Waals surface area contributed by atoms with Crippen molar-refractivity contribution in [3.8, 4) is 5.69 Å². The largest absolute Gasteiger partial charge is 0.302 e. The zero-order chi connectivity index (χ0) is 17.1. The zero-order valence-corrected chi connectivity index (χ0v) is 13.4. The van der Waals surface area contributed by atoms with Gasteiger partial charge in [0.1, 0.15) is 17.3 Å². The fourth-order valence-corrected chi connectivity index (χ4v) is 2.30. The number of hydrogen-bond acceptors (Lipinski definition) is 4. The zero-order valence-electron chi connectivity index (χ0n) is 13.4. The van der Waals surface area contributed by atoms with Crippen molar-refractivity contribution in [3.63, 3.8) is 0 Å². The Kier molecular flexibility index (Phi) is 4.37. The van der Waals surface area contributed by atoms with Crippen molar-refractivity contribution in [1.82, 2.24) is 25.0 Å². The Balaban J connectivity index is 1.93. The number of halogens is 1. The van der Waals surface area contributed by atoms with Gasteiger partial charge in [-0.25, -0.2) is 14.1 Å². The molecule has 8 heteroatoms. The number of aromatic amines is 1. The van der Waals surface area contributed by atoms with Crippen LogP contribution in [0.5, 0.6) is 0 Å². The van der Waals surface area contributed by atoms with Gasteiger partial charge in [-0.15, -0.1) is 5.10 Å². The highest BCUT2D eigenvalue weighted by Crippen LogP contribution is 2.16. The Morgan fingerprint density at radius 3 is 2.83 bits per heavy atom. The molecule has 3 aromatic rings. The van der Waals surface area contributed by atoms with Crippen LogP contribution in [0.1, 0.15) is 35.5 Å². The molecular formula is C16H17FN6O. The third-order valence-electron chi connectivity index (χ3n) is 3.38. The van der Waals surface area contributed by atoms with E-state index in [-0.39, 0.29) is 11.5 Å². The highest BCUT2D eigenvalue weighted by molar-refractivity contribution is 6.00. The van der Waals surface area contributed by atoms with E-state index in [4.69, 9.17) is 0 Å². The molecule has 0 bridgehead atoms. The SMILES string of the molecule is CCCc1nc(C(=O)Nc2cc(C)[nH]n2)nn1-c1ccccc1F. The molecule has 3 rings (SSSR count). The van der Waals surface area contributed by atoms with Gasteiger partial charge in [0.2, 0.25) is 5.82 Å². The molecule has 0 aliphatic heterocycles. The van der Waals surface area contributed by atoms with Crippen molar-refractivity contribution in [3.05, 3.63) is 53.5 Å². The molecular weight excluding hydrogens is 311 g/mol. The standard InChI is InChI=1S/C16H17FN6O/c1-3-6-14-19-15(16(24)18-13-9-10(2)20-21-13)22-23(14)12-8-5-4-7-11(12)17/h4-5,7-9H,3,6H2,1-2H3,(H2,18,20,21,24). The second-order valence-electron chi connectivity index (χ2n) is 5.36. The number of carbonyl (C=O) groups excluding carboxylic acids is 1. The summed E-state index contributed by atoms with van der Waals surface area (Å²) in [5.74, 6) is -0.0197. The van der Waals surface area contributed by atoms with E-state index in [1.165, 1.54) is 10.7 Å². The molecule has 0 spiro atoms. The molecule has 0 saturated heterocycles. The van der Waals surface area contributed by atoms with Crippen LogP contribution in [0.4, 0.5) is 10.2 Å². The molecule has 0 saturated carbocycles. The van der Waals surface area contributed by atoms with E-state index in [1.807, 2.05) is 13.8 Å². The topological polar surface area (TPSA) is 88.5 Å². The fourth-order valence-electron chi connectivity index (χ4n) is 2.30. The minimum Gasteiger partial charge on any atom is -0.302 e. The Morgan fingerprint density at radius 2 is 2.17 bits per heavy atom. The van der Waals surface area contributed by atoms with Crippen molar-refractivity contribution in [2.75, 3.05) is 5.32 Å². The molecule has 0 unspecified atom stereocenters. The molecule has 124 valence electrons. The summed E-state index contributed by atoms with van der Waals surface area (Å²) >= 11 is 0. The maximum Gasteiger partial charge on any atom is 0.296 e. The predicted molar refractivity (Wildman–Crippen MR) is 86.6 cm³/mol. The number of nitrogens with one attached hydrogen (secondary N) is 2. The van der Waals surface area contributed by atoms with Gasteiger partial charge >= 0.3 is 0 Å². The van der Waals surface area contributed by atoms with E-state index >= 15 is 0 Å². The molecule has 2 heterocycles. The van der Waals surface area contributed by atoms with Crippen LogP contribution in [0.3, 0.4) is 0 Å². The van der Waals surface area contributed by atoms with Crippen molar-refractivity contribution in [2.45, 2.75) is 26.7 Å². The fraction of sp³-hybridized carbons (Fsp3) is 0.250. The van der Waals surface area contributed by atoms with Crippen LogP contribution >= 0.6 is 0 Å². The van der Waals surface area contributed by atoms with Gasteiger partial charge in [-0.05, 0) is 25.5 Å². The summed E-state index contributed by atoms with van der Waals surface area (Å²) in [7, 11) is 0. The van der Waals surface area contributed by atoms with Gasteiger partial charge in [-0.2, -0.15) is 5.10 Å². The Labute approximate surface area is 137 Å². The van der Waals surface area contributed by atoms with Crippen LogP contribution in [0, 0.1) is 12.7 Å². The minimum absolute atomic E-state index is 0.0256. The summed E-state index contributed by atoms with van der Waals surface area (Å²) in [6.45, 7) is 3.81. The quantitative estimate of drug-likeness (QED) is 0.753. The molecule has 0 aliphatic rings. The van der Waals surface area contributed by atoms with Gasteiger partial charge in [0.15, 0.2) is 5.82 Å². The van der Waals surface area contributed by atoms with Gasteiger partial charge in [0.05, 0.1) is 0 Å². The number of H-pyrrole nitrogens is 1. The molecule has 1 aromatic carbocycles. The maximum atomic E-state index is 14.1. The van der Waals surface area contributed by atoms with Crippen LogP contribution in [-0.2, 0) is 6.42 Å². The third kappa shape index (κ3) is 3.17. The number of carbonyl (C=O) groups is 1. The Bertz CT molecular complexity index is 869. The van der Waals surface area contributed by atoms with Gasteiger partial charge < -0.3 is 5.32 Å². The van der Waals surface area contributed by atoms with Crippen LogP contribution in [0.25, 0.3) is 5.69 Å². The number of para-hydroxylation sites is 1. The van der Waals surface area contributed by atoms with Crippen LogP contribution in [-0.4, -0.2) is 30.9 Å². The first-order chi connectivity index (χ1) is 11.6. The number of rotatable bonds is 5. The Morgan fingerprint density at radius 1 is 1.38 bits per heavy atom. The Hall–Kier alpha value is -3.03.